The molecule has 0 spiro atoms. The van der Waals surface area contributed by atoms with E-state index in [1.165, 1.54) is 12.5 Å². The van der Waals surface area contributed by atoms with Crippen molar-refractivity contribution >= 4 is 23.3 Å². The minimum Gasteiger partial charge on any atom is -0.368 e. The number of anilines is 2. The van der Waals surface area contributed by atoms with Crippen molar-refractivity contribution in [3.05, 3.63) is 42.0 Å². The topological polar surface area (TPSA) is 109 Å². The van der Waals surface area contributed by atoms with E-state index < -0.39 is 0 Å². The van der Waals surface area contributed by atoms with Crippen LogP contribution < -0.4 is 16.0 Å². The van der Waals surface area contributed by atoms with Crippen LogP contribution in [0, 0.1) is 19.3 Å². The normalized spacial score (nSPS) is 10.3. The standard InChI is InChI=1S/C17H18N8O/c1-3-6-20-16(26)13-4-5-14(21-10-13)18-7-8-19-15-9-12(2)24-17-22-11-23-25(15)17/h1,4-5,9-11,19H,6-8H2,2H3,(H,18,21)(H,20,26). The Hall–Kier alpha value is -3.67. The minimum atomic E-state index is -0.242. The largest absolute Gasteiger partial charge is 0.368 e. The van der Waals surface area contributed by atoms with Crippen molar-refractivity contribution in [2.75, 3.05) is 30.3 Å². The predicted molar refractivity (Wildman–Crippen MR) is 97.9 cm³/mol. The molecule has 3 aromatic heterocycles. The fourth-order valence-corrected chi connectivity index (χ4v) is 2.30. The van der Waals surface area contributed by atoms with Crippen LogP contribution in [0.3, 0.4) is 0 Å². The summed E-state index contributed by atoms with van der Waals surface area (Å²) in [5, 5.41) is 13.2. The molecule has 3 N–H and O–H groups in total. The molecule has 0 aliphatic heterocycles. The lowest BCUT2D eigenvalue weighted by Crippen LogP contribution is -2.23. The van der Waals surface area contributed by atoms with Crippen molar-refractivity contribution in [1.29, 1.82) is 0 Å². The summed E-state index contributed by atoms with van der Waals surface area (Å²) in [6, 6.07) is 5.35. The lowest BCUT2D eigenvalue weighted by atomic mass is 10.2. The number of pyridine rings is 1. The Balaban J connectivity index is 1.51. The molecular formula is C17H18N8O. The quantitative estimate of drug-likeness (QED) is 0.425. The van der Waals surface area contributed by atoms with E-state index in [0.29, 0.717) is 30.2 Å². The molecule has 0 aliphatic carbocycles. The fourth-order valence-electron chi connectivity index (χ4n) is 2.30. The first kappa shape index (κ1) is 17.2. The number of hydrogen-bond donors (Lipinski definition) is 3. The van der Waals surface area contributed by atoms with Crippen molar-refractivity contribution < 1.29 is 4.79 Å². The molecule has 9 nitrogen and oxygen atoms in total. The Labute approximate surface area is 150 Å². The highest BCUT2D eigenvalue weighted by Gasteiger charge is 2.06. The van der Waals surface area contributed by atoms with Crippen LogP contribution in [-0.2, 0) is 0 Å². The summed E-state index contributed by atoms with van der Waals surface area (Å²) in [5.74, 6) is 4.17. The first-order chi connectivity index (χ1) is 12.7. The number of fused-ring (bicyclic) bond motifs is 1. The summed E-state index contributed by atoms with van der Waals surface area (Å²) in [6.07, 6.45) is 8.09. The molecule has 0 saturated heterocycles. The number of nitrogens with one attached hydrogen (secondary N) is 3. The van der Waals surface area contributed by atoms with Gasteiger partial charge in [0.15, 0.2) is 0 Å². The second-order valence-electron chi connectivity index (χ2n) is 5.43. The Morgan fingerprint density at radius 1 is 1.27 bits per heavy atom. The summed E-state index contributed by atoms with van der Waals surface area (Å²) < 4.78 is 1.65. The molecule has 0 unspecified atom stereocenters. The van der Waals surface area contributed by atoms with Crippen LogP contribution >= 0.6 is 0 Å². The molecule has 0 saturated carbocycles. The average molecular weight is 350 g/mol. The van der Waals surface area contributed by atoms with Gasteiger partial charge in [-0.1, -0.05) is 5.92 Å². The van der Waals surface area contributed by atoms with Gasteiger partial charge in [-0.25, -0.2) is 9.97 Å². The number of hydrogen-bond acceptors (Lipinski definition) is 7. The zero-order valence-corrected chi connectivity index (χ0v) is 14.2. The van der Waals surface area contributed by atoms with Gasteiger partial charge in [-0.05, 0) is 19.1 Å². The van der Waals surface area contributed by atoms with Crippen LogP contribution in [0.15, 0.2) is 30.7 Å². The van der Waals surface area contributed by atoms with E-state index in [2.05, 4.69) is 41.9 Å². The second kappa shape index (κ2) is 7.94. The van der Waals surface area contributed by atoms with Gasteiger partial charge < -0.3 is 16.0 Å². The van der Waals surface area contributed by atoms with Gasteiger partial charge in [0.05, 0.1) is 12.1 Å². The van der Waals surface area contributed by atoms with E-state index in [1.54, 1.807) is 16.6 Å². The number of amides is 1. The third-order valence-electron chi connectivity index (χ3n) is 3.49. The van der Waals surface area contributed by atoms with E-state index in [0.717, 1.165) is 11.5 Å². The third-order valence-corrected chi connectivity index (χ3v) is 3.49. The highest BCUT2D eigenvalue weighted by molar-refractivity contribution is 5.94. The summed E-state index contributed by atoms with van der Waals surface area (Å²) in [4.78, 5) is 24.4. The van der Waals surface area contributed by atoms with E-state index in [9.17, 15) is 4.79 Å². The Kier molecular flexibility index (Phi) is 5.24. The van der Waals surface area contributed by atoms with Crippen LogP contribution in [-0.4, -0.2) is 50.1 Å². The lowest BCUT2D eigenvalue weighted by Gasteiger charge is -2.10. The molecule has 0 radical (unpaired) electrons. The Bertz CT molecular complexity index is 942. The van der Waals surface area contributed by atoms with Crippen LogP contribution in [0.1, 0.15) is 16.1 Å². The number of aromatic nitrogens is 5. The summed E-state index contributed by atoms with van der Waals surface area (Å²) in [5.41, 5.74) is 1.33. The average Bonchev–Trinajstić information content (AvgIpc) is 3.12. The maximum absolute atomic E-state index is 11.7. The molecule has 26 heavy (non-hydrogen) atoms. The zero-order chi connectivity index (χ0) is 18.4. The molecule has 9 heteroatoms. The molecule has 0 fully saturated rings. The third kappa shape index (κ3) is 4.05. The highest BCUT2D eigenvalue weighted by Crippen LogP contribution is 2.10. The van der Waals surface area contributed by atoms with Crippen molar-refractivity contribution in [3.63, 3.8) is 0 Å². The predicted octanol–water partition coefficient (Wildman–Crippen LogP) is 0.715. The van der Waals surface area contributed by atoms with Crippen molar-refractivity contribution in [1.82, 2.24) is 29.9 Å². The van der Waals surface area contributed by atoms with Gasteiger partial charge in [0, 0.05) is 31.0 Å². The van der Waals surface area contributed by atoms with Crippen LogP contribution in [0.4, 0.5) is 11.6 Å². The van der Waals surface area contributed by atoms with Gasteiger partial charge in [-0.15, -0.1) is 6.42 Å². The number of carbonyl (C=O) groups is 1. The maximum atomic E-state index is 11.7. The molecule has 3 aromatic rings. The molecule has 3 heterocycles. The highest BCUT2D eigenvalue weighted by atomic mass is 16.1. The second-order valence-corrected chi connectivity index (χ2v) is 5.43. The fraction of sp³-hybridized carbons (Fsp3) is 0.235. The van der Waals surface area contributed by atoms with Gasteiger partial charge >= 0.3 is 0 Å². The van der Waals surface area contributed by atoms with E-state index >= 15 is 0 Å². The molecule has 1 amide bonds. The van der Waals surface area contributed by atoms with Gasteiger partial charge in [0.2, 0.25) is 0 Å². The molecule has 0 aromatic carbocycles. The Morgan fingerprint density at radius 3 is 2.88 bits per heavy atom. The van der Waals surface area contributed by atoms with Gasteiger partial charge in [-0.2, -0.15) is 14.6 Å². The number of terminal acetylenes is 1. The van der Waals surface area contributed by atoms with Crippen molar-refractivity contribution in [3.8, 4) is 12.3 Å². The molecule has 0 aliphatic rings. The first-order valence-electron chi connectivity index (χ1n) is 8.00. The van der Waals surface area contributed by atoms with Crippen LogP contribution in [0.25, 0.3) is 5.78 Å². The number of aryl methyl sites for hydroxylation is 1. The van der Waals surface area contributed by atoms with E-state index in [1.807, 2.05) is 13.0 Å². The summed E-state index contributed by atoms with van der Waals surface area (Å²) >= 11 is 0. The number of carbonyl (C=O) groups excluding carboxylic acids is 1. The maximum Gasteiger partial charge on any atom is 0.254 e. The molecular weight excluding hydrogens is 332 g/mol. The smallest absolute Gasteiger partial charge is 0.254 e. The van der Waals surface area contributed by atoms with Crippen molar-refractivity contribution in [2.45, 2.75) is 6.92 Å². The lowest BCUT2D eigenvalue weighted by molar-refractivity contribution is 0.0958. The molecule has 0 bridgehead atoms. The minimum absolute atomic E-state index is 0.192. The van der Waals surface area contributed by atoms with Gasteiger partial charge in [0.1, 0.15) is 18.0 Å². The Morgan fingerprint density at radius 2 is 2.12 bits per heavy atom. The van der Waals surface area contributed by atoms with Crippen LogP contribution in [0.5, 0.6) is 0 Å². The number of nitrogens with zero attached hydrogens (tertiary/aromatic N) is 5. The van der Waals surface area contributed by atoms with E-state index in [-0.39, 0.29) is 12.5 Å². The van der Waals surface area contributed by atoms with Crippen LogP contribution in [0.2, 0.25) is 0 Å². The number of rotatable bonds is 7. The molecule has 132 valence electrons. The molecule has 0 atom stereocenters. The monoisotopic (exact) mass is 350 g/mol. The van der Waals surface area contributed by atoms with E-state index in [4.69, 9.17) is 6.42 Å². The van der Waals surface area contributed by atoms with Gasteiger partial charge in [-0.3, -0.25) is 4.79 Å². The van der Waals surface area contributed by atoms with Gasteiger partial charge in [0.25, 0.3) is 11.7 Å². The summed E-state index contributed by atoms with van der Waals surface area (Å²) in [7, 11) is 0. The zero-order valence-electron chi connectivity index (χ0n) is 14.2. The van der Waals surface area contributed by atoms with Crippen molar-refractivity contribution in [2.24, 2.45) is 0 Å². The first-order valence-corrected chi connectivity index (χ1v) is 8.00. The SMILES string of the molecule is C#CCNC(=O)c1ccc(NCCNc2cc(C)nc3ncnn23)nc1. The molecule has 3 rings (SSSR count). The summed E-state index contributed by atoms with van der Waals surface area (Å²) in [6.45, 7) is 3.37.